The second-order valence-electron chi connectivity index (χ2n) is 9.54. The molecule has 0 N–H and O–H groups in total. The lowest BCUT2D eigenvalue weighted by Crippen LogP contribution is -2.57. The number of nitrogens with zero attached hydrogens (tertiary/aromatic N) is 3. The van der Waals surface area contributed by atoms with Gasteiger partial charge in [-0.1, -0.05) is 6.42 Å². The van der Waals surface area contributed by atoms with Crippen LogP contribution >= 0.6 is 0 Å². The van der Waals surface area contributed by atoms with Gasteiger partial charge in [0.1, 0.15) is 0 Å². The van der Waals surface area contributed by atoms with Crippen LogP contribution in [0.5, 0.6) is 0 Å². The minimum Gasteiger partial charge on any atom is -0.340 e. The molecule has 2 saturated carbocycles. The van der Waals surface area contributed by atoms with Gasteiger partial charge in [0.05, 0.1) is 5.25 Å². The summed E-state index contributed by atoms with van der Waals surface area (Å²) in [4.78, 5) is 17.5. The maximum absolute atomic E-state index is 12.9. The fourth-order valence-electron chi connectivity index (χ4n) is 5.40. The van der Waals surface area contributed by atoms with Crippen LogP contribution in [0.3, 0.4) is 0 Å². The van der Waals surface area contributed by atoms with Gasteiger partial charge in [-0.05, 0) is 57.8 Å². The van der Waals surface area contributed by atoms with Crippen LogP contribution in [0.15, 0.2) is 0 Å². The molecule has 0 bridgehead atoms. The summed E-state index contributed by atoms with van der Waals surface area (Å²) in [5.74, 6) is 0.527. The van der Waals surface area contributed by atoms with Gasteiger partial charge in [-0.15, -0.1) is 0 Å². The number of rotatable bonds is 4. The Morgan fingerprint density at radius 2 is 1.56 bits per heavy atom. The first kappa shape index (κ1) is 19.6. The number of carbonyl (C=O) groups excluding carboxylic acids is 1. The third-order valence-electron chi connectivity index (χ3n) is 7.66. The van der Waals surface area contributed by atoms with Gasteiger partial charge in [-0.25, -0.2) is 12.7 Å². The van der Waals surface area contributed by atoms with E-state index >= 15 is 0 Å². The standard InChI is InChI=1S/C20H35N3O3S/c1-16(2)27(25,26)23-8-6-20(7-9-23)14-17(15-20)19(24)22-12-10-21(11-13-22)18-4-3-5-18/h16-18H,3-15H2,1-2H3. The van der Waals surface area contributed by atoms with Crippen molar-refractivity contribution < 1.29 is 13.2 Å². The maximum Gasteiger partial charge on any atom is 0.225 e. The second-order valence-corrected chi connectivity index (χ2v) is 12.0. The predicted octanol–water partition coefficient (Wildman–Crippen LogP) is 1.91. The van der Waals surface area contributed by atoms with Crippen LogP contribution in [0.2, 0.25) is 0 Å². The molecule has 2 aliphatic heterocycles. The normalized spacial score (nSPS) is 28.3. The molecule has 7 heteroatoms. The molecule has 2 saturated heterocycles. The zero-order chi connectivity index (χ0) is 19.2. The molecule has 2 heterocycles. The van der Waals surface area contributed by atoms with Crippen molar-refractivity contribution in [2.45, 2.75) is 70.1 Å². The Balaban J connectivity index is 1.23. The summed E-state index contributed by atoms with van der Waals surface area (Å²) < 4.78 is 26.4. The molecule has 0 aromatic carbocycles. The molecule has 2 aliphatic carbocycles. The van der Waals surface area contributed by atoms with Crippen molar-refractivity contribution in [3.8, 4) is 0 Å². The van der Waals surface area contributed by atoms with E-state index in [-0.39, 0.29) is 16.6 Å². The van der Waals surface area contributed by atoms with E-state index in [2.05, 4.69) is 9.80 Å². The first-order valence-electron chi connectivity index (χ1n) is 10.8. The zero-order valence-corrected chi connectivity index (χ0v) is 17.7. The third-order valence-corrected chi connectivity index (χ3v) is 9.94. The number of piperazine rings is 1. The van der Waals surface area contributed by atoms with Crippen LogP contribution in [0, 0.1) is 11.3 Å². The van der Waals surface area contributed by atoms with E-state index < -0.39 is 10.0 Å². The molecule has 1 spiro atoms. The van der Waals surface area contributed by atoms with Gasteiger partial charge in [0, 0.05) is 51.2 Å². The number of piperidine rings is 1. The summed E-state index contributed by atoms with van der Waals surface area (Å²) in [5.41, 5.74) is 0.219. The Morgan fingerprint density at radius 1 is 0.963 bits per heavy atom. The van der Waals surface area contributed by atoms with Crippen molar-refractivity contribution in [3.63, 3.8) is 0 Å². The summed E-state index contributed by atoms with van der Waals surface area (Å²) in [6.07, 6.45) is 7.79. The Labute approximate surface area is 164 Å². The van der Waals surface area contributed by atoms with Gasteiger partial charge < -0.3 is 4.90 Å². The highest BCUT2D eigenvalue weighted by Gasteiger charge is 2.50. The lowest BCUT2D eigenvalue weighted by molar-refractivity contribution is -0.147. The molecule has 0 radical (unpaired) electrons. The Bertz CT molecular complexity index is 650. The van der Waals surface area contributed by atoms with Crippen LogP contribution in [0.1, 0.15) is 58.8 Å². The average molecular weight is 398 g/mol. The van der Waals surface area contributed by atoms with E-state index in [0.29, 0.717) is 19.0 Å². The van der Waals surface area contributed by atoms with E-state index in [9.17, 15) is 13.2 Å². The molecule has 1 amide bonds. The maximum atomic E-state index is 12.9. The monoisotopic (exact) mass is 397 g/mol. The molecule has 0 aromatic rings. The molecule has 154 valence electrons. The molecule has 6 nitrogen and oxygen atoms in total. The summed E-state index contributed by atoms with van der Waals surface area (Å²) in [7, 11) is -3.14. The van der Waals surface area contributed by atoms with Gasteiger partial charge in [-0.2, -0.15) is 0 Å². The van der Waals surface area contributed by atoms with Crippen LogP contribution in [-0.4, -0.2) is 79.0 Å². The van der Waals surface area contributed by atoms with Crippen molar-refractivity contribution in [1.82, 2.24) is 14.1 Å². The Hall–Kier alpha value is -0.660. The van der Waals surface area contributed by atoms with E-state index in [1.165, 1.54) is 19.3 Å². The second kappa shape index (κ2) is 7.30. The predicted molar refractivity (Wildman–Crippen MR) is 106 cm³/mol. The molecular formula is C20H35N3O3S. The molecule has 27 heavy (non-hydrogen) atoms. The molecule has 4 fully saturated rings. The Kier molecular flexibility index (Phi) is 5.31. The lowest BCUT2D eigenvalue weighted by Gasteiger charge is -2.53. The number of hydrogen-bond acceptors (Lipinski definition) is 4. The highest BCUT2D eigenvalue weighted by atomic mass is 32.2. The fourth-order valence-corrected chi connectivity index (χ4v) is 6.69. The highest BCUT2D eigenvalue weighted by molar-refractivity contribution is 7.89. The molecule has 0 aromatic heterocycles. The van der Waals surface area contributed by atoms with E-state index in [4.69, 9.17) is 0 Å². The lowest BCUT2D eigenvalue weighted by atomic mass is 9.57. The van der Waals surface area contributed by atoms with Crippen molar-refractivity contribution in [2.75, 3.05) is 39.3 Å². The van der Waals surface area contributed by atoms with Crippen molar-refractivity contribution >= 4 is 15.9 Å². The third kappa shape index (κ3) is 3.67. The summed E-state index contributed by atoms with van der Waals surface area (Å²) in [6, 6.07) is 0.779. The van der Waals surface area contributed by atoms with Crippen molar-refractivity contribution in [2.24, 2.45) is 11.3 Å². The van der Waals surface area contributed by atoms with Crippen LogP contribution in [-0.2, 0) is 14.8 Å². The quantitative estimate of drug-likeness (QED) is 0.727. The summed E-state index contributed by atoms with van der Waals surface area (Å²) in [5, 5.41) is -0.346. The van der Waals surface area contributed by atoms with Crippen molar-refractivity contribution in [1.29, 1.82) is 0 Å². The topological polar surface area (TPSA) is 60.9 Å². The summed E-state index contributed by atoms with van der Waals surface area (Å²) >= 11 is 0. The number of amides is 1. The first-order valence-corrected chi connectivity index (χ1v) is 12.3. The minimum atomic E-state index is -3.14. The SMILES string of the molecule is CC(C)S(=O)(=O)N1CCC2(CC1)CC(C(=O)N1CCN(C3CCC3)CC1)C2. The molecular weight excluding hydrogens is 362 g/mol. The molecule has 4 aliphatic rings. The van der Waals surface area contributed by atoms with E-state index in [0.717, 1.165) is 57.9 Å². The van der Waals surface area contributed by atoms with Crippen LogP contribution < -0.4 is 0 Å². The molecule has 4 rings (SSSR count). The number of hydrogen-bond donors (Lipinski definition) is 0. The van der Waals surface area contributed by atoms with Gasteiger partial charge in [0.25, 0.3) is 0 Å². The number of sulfonamides is 1. The van der Waals surface area contributed by atoms with Crippen LogP contribution in [0.4, 0.5) is 0 Å². The average Bonchev–Trinajstić information content (AvgIpc) is 2.58. The minimum absolute atomic E-state index is 0.175. The van der Waals surface area contributed by atoms with E-state index in [1.54, 1.807) is 18.2 Å². The molecule has 0 atom stereocenters. The van der Waals surface area contributed by atoms with Gasteiger partial charge in [0.2, 0.25) is 15.9 Å². The van der Waals surface area contributed by atoms with Crippen molar-refractivity contribution in [3.05, 3.63) is 0 Å². The smallest absolute Gasteiger partial charge is 0.225 e. The fraction of sp³-hybridized carbons (Fsp3) is 0.950. The van der Waals surface area contributed by atoms with Gasteiger partial charge in [-0.3, -0.25) is 9.69 Å². The zero-order valence-electron chi connectivity index (χ0n) is 16.9. The van der Waals surface area contributed by atoms with E-state index in [1.807, 2.05) is 0 Å². The number of carbonyl (C=O) groups is 1. The van der Waals surface area contributed by atoms with Crippen LogP contribution in [0.25, 0.3) is 0 Å². The Morgan fingerprint density at radius 3 is 2.04 bits per heavy atom. The van der Waals surface area contributed by atoms with Gasteiger partial charge >= 0.3 is 0 Å². The first-order chi connectivity index (χ1) is 12.8. The highest BCUT2D eigenvalue weighted by Crippen LogP contribution is 2.53. The summed E-state index contributed by atoms with van der Waals surface area (Å²) in [6.45, 7) is 8.61. The molecule has 0 unspecified atom stereocenters. The largest absolute Gasteiger partial charge is 0.340 e. The van der Waals surface area contributed by atoms with Gasteiger partial charge in [0.15, 0.2) is 0 Å².